The molecule has 0 radical (unpaired) electrons. The van der Waals surface area contributed by atoms with Crippen molar-refractivity contribution >= 4 is 35.4 Å². The molecule has 2 amide bonds. The van der Waals surface area contributed by atoms with Crippen molar-refractivity contribution in [3.63, 3.8) is 0 Å². The molecule has 9 nitrogen and oxygen atoms in total. The molecule has 1 aromatic heterocycles. The number of pyridine rings is 1. The zero-order valence-corrected chi connectivity index (χ0v) is 19.5. The quantitative estimate of drug-likeness (QED) is 0.236. The maximum absolute atomic E-state index is 13.3. The Kier molecular flexibility index (Phi) is 8.73. The van der Waals surface area contributed by atoms with Gasteiger partial charge in [-0.1, -0.05) is 38.8 Å². The molecule has 2 unspecified atom stereocenters. The number of carbonyl (C=O) groups is 3. The third-order valence-corrected chi connectivity index (χ3v) is 5.97. The van der Waals surface area contributed by atoms with E-state index in [4.69, 9.17) is 10.6 Å². The summed E-state index contributed by atoms with van der Waals surface area (Å²) in [4.78, 5) is 42.4. The lowest BCUT2D eigenvalue weighted by Crippen LogP contribution is -2.39. The van der Waals surface area contributed by atoms with E-state index in [0.29, 0.717) is 30.6 Å². The van der Waals surface area contributed by atoms with Gasteiger partial charge in [-0.3, -0.25) is 14.4 Å². The van der Waals surface area contributed by atoms with Crippen molar-refractivity contribution in [2.24, 2.45) is 22.8 Å². The number of aryl methyl sites for hydroxylation is 1. The first kappa shape index (κ1) is 24.9. The first-order valence-electron chi connectivity index (χ1n) is 11.6. The molecule has 1 fully saturated rings. The van der Waals surface area contributed by atoms with Crippen LogP contribution in [0.5, 0.6) is 5.88 Å². The van der Waals surface area contributed by atoms with Crippen molar-refractivity contribution in [2.75, 3.05) is 10.6 Å². The highest BCUT2D eigenvalue weighted by Crippen LogP contribution is 2.34. The molecule has 1 aromatic carbocycles. The molecule has 0 bridgehead atoms. The van der Waals surface area contributed by atoms with Crippen LogP contribution < -0.4 is 21.2 Å². The van der Waals surface area contributed by atoms with E-state index in [9.17, 15) is 14.4 Å². The van der Waals surface area contributed by atoms with Crippen LogP contribution in [0.15, 0.2) is 41.6 Å². The summed E-state index contributed by atoms with van der Waals surface area (Å²) in [5.41, 5.74) is 2.65. The second-order valence-corrected chi connectivity index (χ2v) is 8.21. The Morgan fingerprint density at radius 2 is 1.71 bits per heavy atom. The van der Waals surface area contributed by atoms with Crippen LogP contribution in [-0.2, 0) is 20.8 Å². The molecule has 4 N–H and O–H groups in total. The molecule has 2 atom stereocenters. The largest absolute Gasteiger partial charge is 0.405 e. The van der Waals surface area contributed by atoms with E-state index in [1.54, 1.807) is 43.5 Å². The normalized spacial score (nSPS) is 17.8. The number of anilines is 2. The summed E-state index contributed by atoms with van der Waals surface area (Å²) in [6.45, 7) is 3.63. The van der Waals surface area contributed by atoms with Gasteiger partial charge in [0.15, 0.2) is 0 Å². The van der Waals surface area contributed by atoms with Crippen LogP contribution in [0.1, 0.15) is 57.1 Å². The number of benzene rings is 1. The number of amides is 2. The van der Waals surface area contributed by atoms with E-state index in [2.05, 4.69) is 20.7 Å². The van der Waals surface area contributed by atoms with Gasteiger partial charge in [0.25, 0.3) is 0 Å². The summed E-state index contributed by atoms with van der Waals surface area (Å²) in [5, 5.41) is 9.32. The smallest absolute Gasteiger partial charge is 0.312 e. The Morgan fingerprint density at radius 1 is 1.06 bits per heavy atom. The van der Waals surface area contributed by atoms with Gasteiger partial charge < -0.3 is 21.2 Å². The number of nitrogens with two attached hydrogens (primary N) is 1. The van der Waals surface area contributed by atoms with Gasteiger partial charge in [0.1, 0.15) is 5.69 Å². The molecule has 2 aromatic rings. The number of carbonyl (C=O) groups excluding carboxylic acids is 3. The number of esters is 1. The molecule has 180 valence electrons. The molecular formula is C25H31N5O4. The van der Waals surface area contributed by atoms with Crippen molar-refractivity contribution in [1.82, 2.24) is 4.98 Å². The lowest BCUT2D eigenvalue weighted by molar-refractivity contribution is -0.134. The van der Waals surface area contributed by atoms with Gasteiger partial charge in [0.05, 0.1) is 6.21 Å². The Balaban J connectivity index is 1.77. The summed E-state index contributed by atoms with van der Waals surface area (Å²) >= 11 is 0. The third kappa shape index (κ3) is 6.18. The van der Waals surface area contributed by atoms with Crippen LogP contribution in [0.3, 0.4) is 0 Å². The van der Waals surface area contributed by atoms with Gasteiger partial charge in [-0.05, 0) is 48.6 Å². The number of hydrogen-bond acceptors (Lipinski definition) is 7. The highest BCUT2D eigenvalue weighted by Gasteiger charge is 2.36. The minimum absolute atomic E-state index is 0.0810. The second-order valence-electron chi connectivity index (χ2n) is 8.21. The summed E-state index contributed by atoms with van der Waals surface area (Å²) < 4.78 is 5.34. The molecule has 1 aliphatic rings. The zero-order valence-electron chi connectivity index (χ0n) is 19.5. The Hall–Kier alpha value is -3.75. The third-order valence-electron chi connectivity index (χ3n) is 5.97. The standard InChI is InChI=1S/C25H31N5O4/c1-3-17-13-14-27-25(34-21(31)4-2)22(17)30-24(33)20-8-6-5-7-19(20)23(32)29-18-11-9-16(10-12-18)15-28-26/h9-15,19-20H,3-8,26H2,1-2H3,(H,29,32)(H,30,33). The SMILES string of the molecule is CCC(=O)Oc1nccc(CC)c1NC(=O)C1CCCCC1C(=O)Nc1ccc(C=NN)cc1. The van der Waals surface area contributed by atoms with Crippen molar-refractivity contribution in [1.29, 1.82) is 0 Å². The predicted octanol–water partition coefficient (Wildman–Crippen LogP) is 3.64. The number of nitrogens with one attached hydrogen (secondary N) is 2. The van der Waals surface area contributed by atoms with E-state index in [-0.39, 0.29) is 24.1 Å². The van der Waals surface area contributed by atoms with E-state index in [0.717, 1.165) is 24.0 Å². The van der Waals surface area contributed by atoms with Crippen molar-refractivity contribution < 1.29 is 19.1 Å². The van der Waals surface area contributed by atoms with Gasteiger partial charge in [-0.15, -0.1) is 0 Å². The first-order chi connectivity index (χ1) is 16.5. The van der Waals surface area contributed by atoms with Gasteiger partial charge in [-0.25, -0.2) is 4.98 Å². The lowest BCUT2D eigenvalue weighted by Gasteiger charge is -2.30. The van der Waals surface area contributed by atoms with Crippen LogP contribution in [-0.4, -0.2) is 29.0 Å². The molecular weight excluding hydrogens is 434 g/mol. The van der Waals surface area contributed by atoms with E-state index in [1.165, 1.54) is 6.21 Å². The fourth-order valence-electron chi connectivity index (χ4n) is 4.11. The average molecular weight is 466 g/mol. The minimum Gasteiger partial charge on any atom is -0.405 e. The van der Waals surface area contributed by atoms with Crippen molar-refractivity contribution in [2.45, 2.75) is 52.4 Å². The van der Waals surface area contributed by atoms with E-state index < -0.39 is 17.8 Å². The molecule has 1 heterocycles. The van der Waals surface area contributed by atoms with Crippen LogP contribution in [0, 0.1) is 11.8 Å². The van der Waals surface area contributed by atoms with Gasteiger partial charge in [0, 0.05) is 30.1 Å². The number of hydrogen-bond donors (Lipinski definition) is 3. The topological polar surface area (TPSA) is 136 Å². The molecule has 3 rings (SSSR count). The number of hydrazone groups is 1. The number of rotatable bonds is 8. The fourth-order valence-corrected chi connectivity index (χ4v) is 4.11. The Bertz CT molecular complexity index is 1050. The van der Waals surface area contributed by atoms with E-state index >= 15 is 0 Å². The number of aromatic nitrogens is 1. The highest BCUT2D eigenvalue weighted by atomic mass is 16.5. The Labute approximate surface area is 199 Å². The molecule has 9 heteroatoms. The molecule has 34 heavy (non-hydrogen) atoms. The van der Waals surface area contributed by atoms with Crippen LogP contribution in [0.2, 0.25) is 0 Å². The number of nitrogens with zero attached hydrogens (tertiary/aromatic N) is 2. The van der Waals surface area contributed by atoms with Crippen molar-refractivity contribution in [3.8, 4) is 5.88 Å². The summed E-state index contributed by atoms with van der Waals surface area (Å²) in [6.07, 6.45) is 6.83. The Morgan fingerprint density at radius 3 is 2.29 bits per heavy atom. The monoisotopic (exact) mass is 465 g/mol. The molecule has 0 aliphatic heterocycles. The van der Waals surface area contributed by atoms with Crippen LogP contribution in [0.4, 0.5) is 11.4 Å². The molecule has 0 saturated heterocycles. The molecule has 1 saturated carbocycles. The summed E-state index contributed by atoms with van der Waals surface area (Å²) in [5.74, 6) is 3.37. The lowest BCUT2D eigenvalue weighted by atomic mass is 9.78. The molecule has 0 spiro atoms. The highest BCUT2D eigenvalue weighted by molar-refractivity contribution is 6.01. The minimum atomic E-state index is -0.503. The van der Waals surface area contributed by atoms with Crippen molar-refractivity contribution in [3.05, 3.63) is 47.7 Å². The predicted molar refractivity (Wildman–Crippen MR) is 130 cm³/mol. The maximum Gasteiger partial charge on any atom is 0.312 e. The van der Waals surface area contributed by atoms with Gasteiger partial charge >= 0.3 is 5.97 Å². The van der Waals surface area contributed by atoms with Gasteiger partial charge in [-0.2, -0.15) is 5.10 Å². The number of ether oxygens (including phenoxy) is 1. The fraction of sp³-hybridized carbons (Fsp3) is 0.400. The van der Waals surface area contributed by atoms with Crippen LogP contribution >= 0.6 is 0 Å². The first-order valence-corrected chi connectivity index (χ1v) is 11.6. The van der Waals surface area contributed by atoms with Gasteiger partial charge in [0.2, 0.25) is 17.7 Å². The second kappa shape index (κ2) is 11.9. The summed E-state index contributed by atoms with van der Waals surface area (Å²) in [7, 11) is 0. The zero-order chi connectivity index (χ0) is 24.5. The molecule has 1 aliphatic carbocycles. The maximum atomic E-state index is 13.3. The van der Waals surface area contributed by atoms with Crippen LogP contribution in [0.25, 0.3) is 0 Å². The van der Waals surface area contributed by atoms with E-state index in [1.807, 2.05) is 6.92 Å². The summed E-state index contributed by atoms with van der Waals surface area (Å²) in [6, 6.07) is 8.91. The average Bonchev–Trinajstić information content (AvgIpc) is 2.86.